The lowest BCUT2D eigenvalue weighted by molar-refractivity contribution is 0.322. The SMILES string of the molecule is N#Cc1cnc(SCCO)nc1N. The quantitative estimate of drug-likeness (QED) is 0.522. The number of aliphatic hydroxyl groups excluding tert-OH is 1. The fraction of sp³-hybridized carbons (Fsp3) is 0.286. The number of nitrogens with zero attached hydrogens (tertiary/aromatic N) is 3. The number of aromatic nitrogens is 2. The Morgan fingerprint density at radius 2 is 2.46 bits per heavy atom. The summed E-state index contributed by atoms with van der Waals surface area (Å²) in [6.45, 7) is 0.0634. The molecule has 5 nitrogen and oxygen atoms in total. The lowest BCUT2D eigenvalue weighted by atomic mass is 10.3. The highest BCUT2D eigenvalue weighted by molar-refractivity contribution is 7.99. The fourth-order valence-corrected chi connectivity index (χ4v) is 1.23. The van der Waals surface area contributed by atoms with E-state index in [0.717, 1.165) is 0 Å². The van der Waals surface area contributed by atoms with Crippen LogP contribution in [0.3, 0.4) is 0 Å². The van der Waals surface area contributed by atoms with E-state index in [4.69, 9.17) is 16.1 Å². The Labute approximate surface area is 79.6 Å². The van der Waals surface area contributed by atoms with Gasteiger partial charge in [-0.15, -0.1) is 0 Å². The molecule has 3 N–H and O–H groups in total. The summed E-state index contributed by atoms with van der Waals surface area (Å²) in [4.78, 5) is 7.76. The zero-order valence-corrected chi connectivity index (χ0v) is 7.58. The number of rotatable bonds is 3. The van der Waals surface area contributed by atoms with Gasteiger partial charge in [0.05, 0.1) is 12.8 Å². The molecule has 1 rings (SSSR count). The van der Waals surface area contributed by atoms with Crippen LogP contribution in [0, 0.1) is 11.3 Å². The smallest absolute Gasteiger partial charge is 0.189 e. The van der Waals surface area contributed by atoms with Crippen LogP contribution >= 0.6 is 11.8 Å². The van der Waals surface area contributed by atoms with Crippen molar-refractivity contribution in [3.8, 4) is 6.07 Å². The van der Waals surface area contributed by atoms with Crippen molar-refractivity contribution in [1.29, 1.82) is 5.26 Å². The summed E-state index contributed by atoms with van der Waals surface area (Å²) in [5, 5.41) is 17.5. The van der Waals surface area contributed by atoms with Gasteiger partial charge in [-0.25, -0.2) is 9.97 Å². The summed E-state index contributed by atoms with van der Waals surface area (Å²) < 4.78 is 0. The second kappa shape index (κ2) is 4.64. The van der Waals surface area contributed by atoms with Crippen molar-refractivity contribution in [3.05, 3.63) is 11.8 Å². The molecule has 0 saturated heterocycles. The first-order chi connectivity index (χ1) is 6.27. The first kappa shape index (κ1) is 9.77. The van der Waals surface area contributed by atoms with Crippen LogP contribution in [-0.2, 0) is 0 Å². The Morgan fingerprint density at radius 3 is 3.00 bits per heavy atom. The van der Waals surface area contributed by atoms with Gasteiger partial charge in [-0.3, -0.25) is 0 Å². The summed E-state index contributed by atoms with van der Waals surface area (Å²) in [7, 11) is 0. The van der Waals surface area contributed by atoms with E-state index >= 15 is 0 Å². The van der Waals surface area contributed by atoms with Crippen molar-refractivity contribution in [1.82, 2.24) is 9.97 Å². The molecule has 0 aromatic carbocycles. The second-order valence-corrected chi connectivity index (χ2v) is 3.20. The number of hydrogen-bond acceptors (Lipinski definition) is 6. The first-order valence-corrected chi connectivity index (χ1v) is 4.52. The molecule has 0 radical (unpaired) electrons. The molecular formula is C7H8N4OS. The summed E-state index contributed by atoms with van der Waals surface area (Å²) in [5.41, 5.74) is 5.73. The molecule has 0 spiro atoms. The van der Waals surface area contributed by atoms with E-state index in [-0.39, 0.29) is 18.0 Å². The van der Waals surface area contributed by atoms with Crippen molar-refractivity contribution in [2.45, 2.75) is 5.16 Å². The van der Waals surface area contributed by atoms with Crippen LogP contribution in [0.1, 0.15) is 5.56 Å². The maximum atomic E-state index is 8.54. The molecule has 0 amide bonds. The molecule has 0 aliphatic rings. The normalized spacial score (nSPS) is 9.54. The highest BCUT2D eigenvalue weighted by atomic mass is 32.2. The topological polar surface area (TPSA) is 95.8 Å². The Morgan fingerprint density at radius 1 is 1.69 bits per heavy atom. The van der Waals surface area contributed by atoms with Gasteiger partial charge >= 0.3 is 0 Å². The van der Waals surface area contributed by atoms with E-state index in [1.165, 1.54) is 18.0 Å². The van der Waals surface area contributed by atoms with Crippen molar-refractivity contribution in [2.75, 3.05) is 18.1 Å². The average molecular weight is 196 g/mol. The summed E-state index contributed by atoms with van der Waals surface area (Å²) >= 11 is 1.29. The van der Waals surface area contributed by atoms with Crippen LogP contribution in [0.5, 0.6) is 0 Å². The largest absolute Gasteiger partial charge is 0.396 e. The van der Waals surface area contributed by atoms with Crippen LogP contribution in [0.25, 0.3) is 0 Å². The van der Waals surface area contributed by atoms with Crippen LogP contribution in [-0.4, -0.2) is 27.4 Å². The molecular weight excluding hydrogens is 188 g/mol. The van der Waals surface area contributed by atoms with Gasteiger partial charge in [0.1, 0.15) is 17.5 Å². The Kier molecular flexibility index (Phi) is 3.49. The van der Waals surface area contributed by atoms with Crippen molar-refractivity contribution >= 4 is 17.6 Å². The lowest BCUT2D eigenvalue weighted by Crippen LogP contribution is -1.99. The Hall–Kier alpha value is -1.32. The number of nitrogen functional groups attached to an aromatic ring is 1. The molecule has 0 saturated carbocycles. The van der Waals surface area contributed by atoms with E-state index in [9.17, 15) is 0 Å². The van der Waals surface area contributed by atoms with E-state index < -0.39 is 0 Å². The van der Waals surface area contributed by atoms with E-state index in [1.807, 2.05) is 6.07 Å². The van der Waals surface area contributed by atoms with Crippen molar-refractivity contribution in [3.63, 3.8) is 0 Å². The average Bonchev–Trinajstić information content (AvgIpc) is 2.15. The van der Waals surface area contributed by atoms with Gasteiger partial charge in [0.25, 0.3) is 0 Å². The number of aliphatic hydroxyl groups is 1. The lowest BCUT2D eigenvalue weighted by Gasteiger charge is -1.99. The Balaban J connectivity index is 2.79. The predicted octanol–water partition coefficient (Wildman–Crippen LogP) is 0.0149. The highest BCUT2D eigenvalue weighted by Gasteiger charge is 2.02. The molecule has 1 aromatic heterocycles. The highest BCUT2D eigenvalue weighted by Crippen LogP contribution is 2.14. The first-order valence-electron chi connectivity index (χ1n) is 3.54. The molecule has 0 atom stereocenters. The number of hydrogen-bond donors (Lipinski definition) is 2. The molecule has 68 valence electrons. The maximum Gasteiger partial charge on any atom is 0.189 e. The molecule has 0 bridgehead atoms. The summed E-state index contributed by atoms with van der Waals surface area (Å²) in [5.74, 6) is 0.698. The number of nitrogens with two attached hydrogens (primary N) is 1. The molecule has 0 fully saturated rings. The molecule has 0 unspecified atom stereocenters. The van der Waals surface area contributed by atoms with Crippen LogP contribution in [0.2, 0.25) is 0 Å². The number of anilines is 1. The minimum Gasteiger partial charge on any atom is -0.396 e. The third-order valence-electron chi connectivity index (χ3n) is 1.24. The van der Waals surface area contributed by atoms with Gasteiger partial charge < -0.3 is 10.8 Å². The zero-order chi connectivity index (χ0) is 9.68. The second-order valence-electron chi connectivity index (χ2n) is 2.14. The molecule has 13 heavy (non-hydrogen) atoms. The molecule has 0 aliphatic carbocycles. The monoisotopic (exact) mass is 196 g/mol. The molecule has 6 heteroatoms. The summed E-state index contributed by atoms with van der Waals surface area (Å²) in [6, 6.07) is 1.87. The predicted molar refractivity (Wildman–Crippen MR) is 49.0 cm³/mol. The van der Waals surface area contributed by atoms with Crippen LogP contribution in [0.15, 0.2) is 11.4 Å². The molecule has 1 heterocycles. The van der Waals surface area contributed by atoms with Crippen LogP contribution in [0.4, 0.5) is 5.82 Å². The number of thioether (sulfide) groups is 1. The van der Waals surface area contributed by atoms with Crippen molar-refractivity contribution < 1.29 is 5.11 Å². The van der Waals surface area contributed by atoms with Crippen LogP contribution < -0.4 is 5.73 Å². The third-order valence-corrected chi connectivity index (χ3v) is 2.08. The van der Waals surface area contributed by atoms with Gasteiger partial charge in [0.15, 0.2) is 5.16 Å². The van der Waals surface area contributed by atoms with Gasteiger partial charge in [0, 0.05) is 5.75 Å². The Bertz CT molecular complexity index is 336. The van der Waals surface area contributed by atoms with E-state index in [2.05, 4.69) is 9.97 Å². The minimum atomic E-state index is 0.0634. The molecule has 0 aliphatic heterocycles. The van der Waals surface area contributed by atoms with Gasteiger partial charge in [-0.1, -0.05) is 11.8 Å². The summed E-state index contributed by atoms with van der Waals surface area (Å²) in [6.07, 6.45) is 1.38. The minimum absolute atomic E-state index is 0.0634. The third kappa shape index (κ3) is 2.57. The van der Waals surface area contributed by atoms with Gasteiger partial charge in [0.2, 0.25) is 0 Å². The fourth-order valence-electron chi connectivity index (χ4n) is 0.671. The van der Waals surface area contributed by atoms with Gasteiger partial charge in [-0.2, -0.15) is 5.26 Å². The van der Waals surface area contributed by atoms with Gasteiger partial charge in [-0.05, 0) is 0 Å². The maximum absolute atomic E-state index is 8.54. The molecule has 1 aromatic rings. The van der Waals surface area contributed by atoms with E-state index in [0.29, 0.717) is 10.9 Å². The zero-order valence-electron chi connectivity index (χ0n) is 6.77. The van der Waals surface area contributed by atoms with E-state index in [1.54, 1.807) is 0 Å². The number of nitriles is 1. The van der Waals surface area contributed by atoms with Crippen molar-refractivity contribution in [2.24, 2.45) is 0 Å². The standard InChI is InChI=1S/C7H8N4OS/c8-3-5-4-10-7(11-6(5)9)13-2-1-12/h4,12H,1-2H2,(H2,9,10,11).